The van der Waals surface area contributed by atoms with E-state index < -0.39 is 11.5 Å². The molecular formula is C23H26FN3O3. The molecule has 6 nitrogen and oxygen atoms in total. The minimum atomic E-state index is -0.563. The number of benzene rings is 2. The Balaban J connectivity index is 1.51. The molecule has 1 spiro atoms. The van der Waals surface area contributed by atoms with Gasteiger partial charge in [0.15, 0.2) is 0 Å². The molecule has 0 aliphatic carbocycles. The lowest BCUT2D eigenvalue weighted by atomic mass is 9.89. The number of rotatable bonds is 4. The number of hydrogen-bond acceptors (Lipinski definition) is 4. The van der Waals surface area contributed by atoms with E-state index in [4.69, 9.17) is 4.74 Å². The molecule has 2 aromatic rings. The Hall–Kier alpha value is -3.09. The van der Waals surface area contributed by atoms with E-state index in [-0.39, 0.29) is 11.8 Å². The minimum absolute atomic E-state index is 0.0273. The summed E-state index contributed by atoms with van der Waals surface area (Å²) in [4.78, 5) is 29.6. The molecule has 0 atom stereocenters. The Morgan fingerprint density at radius 3 is 2.47 bits per heavy atom. The maximum Gasteiger partial charge on any atom is 0.255 e. The first-order chi connectivity index (χ1) is 14.5. The zero-order chi connectivity index (χ0) is 21.3. The Labute approximate surface area is 175 Å². The highest BCUT2D eigenvalue weighted by Gasteiger charge is 2.45. The molecule has 1 N–H and O–H groups in total. The number of fused-ring (bicyclic) bond motifs is 1. The Morgan fingerprint density at radius 1 is 1.13 bits per heavy atom. The van der Waals surface area contributed by atoms with Crippen LogP contribution in [0.3, 0.4) is 0 Å². The fourth-order valence-corrected chi connectivity index (χ4v) is 4.49. The molecule has 0 bridgehead atoms. The summed E-state index contributed by atoms with van der Waals surface area (Å²) >= 11 is 0. The standard InChI is InChI=1S/C23H26FN3O3/c1-3-27-20-10-7-17(24)15-19(20)21(28)25-23(27)11-13-26(14-12-23)22(29)16-5-8-18(9-6-16)30-4-2/h5-10,15H,3-4,11-14H2,1-2H3,(H,25,28). The van der Waals surface area contributed by atoms with E-state index in [0.717, 1.165) is 11.4 Å². The molecule has 2 heterocycles. The molecule has 2 amide bonds. The second-order valence-corrected chi connectivity index (χ2v) is 7.64. The van der Waals surface area contributed by atoms with E-state index in [1.54, 1.807) is 30.3 Å². The number of carbonyl (C=O) groups excluding carboxylic acids is 2. The monoisotopic (exact) mass is 411 g/mol. The van der Waals surface area contributed by atoms with E-state index in [9.17, 15) is 14.0 Å². The van der Waals surface area contributed by atoms with Crippen molar-refractivity contribution >= 4 is 17.5 Å². The van der Waals surface area contributed by atoms with Crippen LogP contribution in [0.25, 0.3) is 0 Å². The van der Waals surface area contributed by atoms with E-state index in [1.807, 2.05) is 18.7 Å². The third-order valence-corrected chi connectivity index (χ3v) is 5.96. The highest BCUT2D eigenvalue weighted by molar-refractivity contribution is 6.02. The molecule has 0 unspecified atom stereocenters. The molecular weight excluding hydrogens is 385 g/mol. The molecule has 0 aromatic heterocycles. The molecule has 2 aliphatic heterocycles. The van der Waals surface area contributed by atoms with Crippen molar-refractivity contribution in [3.63, 3.8) is 0 Å². The van der Waals surface area contributed by atoms with Gasteiger partial charge in [0.25, 0.3) is 11.8 Å². The summed E-state index contributed by atoms with van der Waals surface area (Å²) in [5, 5.41) is 3.10. The zero-order valence-corrected chi connectivity index (χ0v) is 17.3. The smallest absolute Gasteiger partial charge is 0.255 e. The number of carbonyl (C=O) groups is 2. The number of amides is 2. The number of nitrogens with zero attached hydrogens (tertiary/aromatic N) is 2. The first-order valence-corrected chi connectivity index (χ1v) is 10.4. The van der Waals surface area contributed by atoms with Crippen LogP contribution < -0.4 is 15.0 Å². The van der Waals surface area contributed by atoms with Crippen LogP contribution in [0.15, 0.2) is 42.5 Å². The molecule has 158 valence electrons. The van der Waals surface area contributed by atoms with Gasteiger partial charge < -0.3 is 19.9 Å². The molecule has 1 saturated heterocycles. The van der Waals surface area contributed by atoms with E-state index >= 15 is 0 Å². The lowest BCUT2D eigenvalue weighted by molar-refractivity contribution is 0.0603. The van der Waals surface area contributed by atoms with Gasteiger partial charge in [0.1, 0.15) is 17.2 Å². The topological polar surface area (TPSA) is 61.9 Å². The molecule has 2 aliphatic rings. The van der Waals surface area contributed by atoms with Gasteiger partial charge in [-0.05, 0) is 56.3 Å². The highest BCUT2D eigenvalue weighted by atomic mass is 19.1. The summed E-state index contributed by atoms with van der Waals surface area (Å²) in [6.07, 6.45) is 1.21. The number of halogens is 1. The number of nitrogens with one attached hydrogen (secondary N) is 1. The van der Waals surface area contributed by atoms with E-state index in [2.05, 4.69) is 10.2 Å². The summed E-state index contributed by atoms with van der Waals surface area (Å²) in [5.74, 6) is 0.0259. The van der Waals surface area contributed by atoms with Crippen molar-refractivity contribution in [2.75, 3.05) is 31.1 Å². The van der Waals surface area contributed by atoms with Crippen molar-refractivity contribution in [3.8, 4) is 5.75 Å². The predicted octanol–water partition coefficient (Wildman–Crippen LogP) is 3.43. The normalized spacial score (nSPS) is 17.5. The van der Waals surface area contributed by atoms with Gasteiger partial charge in [-0.3, -0.25) is 9.59 Å². The maximum absolute atomic E-state index is 13.7. The second kappa shape index (κ2) is 7.97. The molecule has 4 rings (SSSR count). The Bertz CT molecular complexity index is 953. The maximum atomic E-state index is 13.7. The summed E-state index contributed by atoms with van der Waals surface area (Å²) in [6, 6.07) is 11.5. The molecule has 1 fully saturated rings. The molecule has 0 saturated carbocycles. The summed E-state index contributed by atoms with van der Waals surface area (Å²) < 4.78 is 19.1. The van der Waals surface area contributed by atoms with Gasteiger partial charge in [-0.2, -0.15) is 0 Å². The van der Waals surface area contributed by atoms with E-state index in [0.29, 0.717) is 50.2 Å². The SMILES string of the molecule is CCOc1ccc(C(=O)N2CCC3(CC2)NC(=O)c2cc(F)ccc2N3CC)cc1. The fraction of sp³-hybridized carbons (Fsp3) is 0.391. The molecule has 2 aromatic carbocycles. The number of piperidine rings is 1. The van der Waals surface area contributed by atoms with Crippen LogP contribution in [0.2, 0.25) is 0 Å². The number of hydrogen-bond donors (Lipinski definition) is 1. The largest absolute Gasteiger partial charge is 0.494 e. The van der Waals surface area contributed by atoms with Gasteiger partial charge in [0.05, 0.1) is 17.9 Å². The number of anilines is 1. The van der Waals surface area contributed by atoms with Crippen molar-refractivity contribution in [2.24, 2.45) is 0 Å². The minimum Gasteiger partial charge on any atom is -0.494 e. The summed E-state index contributed by atoms with van der Waals surface area (Å²) in [6.45, 7) is 6.24. The summed E-state index contributed by atoms with van der Waals surface area (Å²) in [5.41, 5.74) is 1.16. The third-order valence-electron chi connectivity index (χ3n) is 5.96. The van der Waals surface area contributed by atoms with Gasteiger partial charge in [-0.25, -0.2) is 4.39 Å². The Morgan fingerprint density at radius 2 is 1.83 bits per heavy atom. The first-order valence-electron chi connectivity index (χ1n) is 10.4. The zero-order valence-electron chi connectivity index (χ0n) is 17.3. The average Bonchev–Trinajstić information content (AvgIpc) is 2.75. The van der Waals surface area contributed by atoms with Gasteiger partial charge in [0, 0.05) is 38.0 Å². The van der Waals surface area contributed by atoms with Crippen LogP contribution >= 0.6 is 0 Å². The lowest BCUT2D eigenvalue weighted by Gasteiger charge is -2.52. The van der Waals surface area contributed by atoms with Crippen LogP contribution in [-0.2, 0) is 0 Å². The quantitative estimate of drug-likeness (QED) is 0.838. The van der Waals surface area contributed by atoms with Gasteiger partial charge >= 0.3 is 0 Å². The van der Waals surface area contributed by atoms with Crippen LogP contribution in [0.4, 0.5) is 10.1 Å². The molecule has 0 radical (unpaired) electrons. The van der Waals surface area contributed by atoms with Crippen molar-refractivity contribution < 1.29 is 18.7 Å². The average molecular weight is 411 g/mol. The van der Waals surface area contributed by atoms with Crippen molar-refractivity contribution in [1.29, 1.82) is 0 Å². The van der Waals surface area contributed by atoms with E-state index in [1.165, 1.54) is 12.1 Å². The number of ether oxygens (including phenoxy) is 1. The first kappa shape index (κ1) is 20.2. The van der Waals surface area contributed by atoms with Gasteiger partial charge in [-0.1, -0.05) is 0 Å². The predicted molar refractivity (Wildman–Crippen MR) is 112 cm³/mol. The van der Waals surface area contributed by atoms with Gasteiger partial charge in [-0.15, -0.1) is 0 Å². The Kier molecular flexibility index (Phi) is 5.37. The van der Waals surface area contributed by atoms with Crippen molar-refractivity contribution in [1.82, 2.24) is 10.2 Å². The van der Waals surface area contributed by atoms with Crippen LogP contribution in [0, 0.1) is 5.82 Å². The van der Waals surface area contributed by atoms with Crippen LogP contribution in [-0.4, -0.2) is 48.6 Å². The van der Waals surface area contributed by atoms with Crippen LogP contribution in [0.1, 0.15) is 47.4 Å². The van der Waals surface area contributed by atoms with Crippen molar-refractivity contribution in [2.45, 2.75) is 32.4 Å². The van der Waals surface area contributed by atoms with Gasteiger partial charge in [0.2, 0.25) is 0 Å². The molecule has 7 heteroatoms. The second-order valence-electron chi connectivity index (χ2n) is 7.64. The third kappa shape index (κ3) is 3.49. The summed E-state index contributed by atoms with van der Waals surface area (Å²) in [7, 11) is 0. The number of likely N-dealkylation sites (tertiary alicyclic amines) is 1. The molecule has 30 heavy (non-hydrogen) atoms. The van der Waals surface area contributed by atoms with Crippen molar-refractivity contribution in [3.05, 3.63) is 59.4 Å². The highest BCUT2D eigenvalue weighted by Crippen LogP contribution is 2.37. The lowest BCUT2D eigenvalue weighted by Crippen LogP contribution is -2.68. The fourth-order valence-electron chi connectivity index (χ4n) is 4.49. The van der Waals surface area contributed by atoms with Crippen LogP contribution in [0.5, 0.6) is 5.75 Å².